The molecule has 1 aromatic carbocycles. The number of imidazole rings is 1. The van der Waals surface area contributed by atoms with E-state index in [4.69, 9.17) is 11.6 Å². The molecule has 2 aromatic rings. The van der Waals surface area contributed by atoms with Crippen molar-refractivity contribution in [2.75, 3.05) is 5.32 Å². The van der Waals surface area contributed by atoms with Crippen molar-refractivity contribution in [1.29, 1.82) is 0 Å². The predicted octanol–water partition coefficient (Wildman–Crippen LogP) is 4.66. The normalized spacial score (nSPS) is 16.9. The van der Waals surface area contributed by atoms with Gasteiger partial charge in [0.15, 0.2) is 0 Å². The first kappa shape index (κ1) is 13.5. The second-order valence-corrected chi connectivity index (χ2v) is 5.85. The van der Waals surface area contributed by atoms with Crippen LogP contribution in [0, 0.1) is 0 Å². The van der Waals surface area contributed by atoms with Gasteiger partial charge < -0.3 is 9.88 Å². The molecule has 0 aliphatic heterocycles. The van der Waals surface area contributed by atoms with Gasteiger partial charge in [0.1, 0.15) is 0 Å². The summed E-state index contributed by atoms with van der Waals surface area (Å²) in [5.74, 6) is 0. The van der Waals surface area contributed by atoms with E-state index >= 15 is 0 Å². The summed E-state index contributed by atoms with van der Waals surface area (Å²) in [7, 11) is 0. The second kappa shape index (κ2) is 6.31. The first-order valence-electron chi connectivity index (χ1n) is 7.38. The van der Waals surface area contributed by atoms with E-state index in [-0.39, 0.29) is 0 Å². The number of anilines is 1. The van der Waals surface area contributed by atoms with Gasteiger partial charge in [-0.3, -0.25) is 0 Å². The van der Waals surface area contributed by atoms with Gasteiger partial charge in [0, 0.05) is 18.4 Å². The number of nitrogens with zero attached hydrogens (tertiary/aromatic N) is 2. The number of benzene rings is 1. The Bertz CT molecular complexity index is 543. The van der Waals surface area contributed by atoms with Crippen LogP contribution in [0.2, 0.25) is 5.02 Å². The van der Waals surface area contributed by atoms with Crippen molar-refractivity contribution in [1.82, 2.24) is 9.55 Å². The number of aromatic nitrogens is 2. The molecule has 106 valence electrons. The molecule has 1 aliphatic rings. The molecule has 3 nitrogen and oxygen atoms in total. The van der Waals surface area contributed by atoms with Crippen LogP contribution < -0.4 is 5.32 Å². The van der Waals surface area contributed by atoms with E-state index in [1.807, 2.05) is 22.9 Å². The number of hydrogen-bond donors (Lipinski definition) is 1. The lowest BCUT2D eigenvalue weighted by atomic mass is 10.1. The highest BCUT2D eigenvalue weighted by Crippen LogP contribution is 2.30. The quantitative estimate of drug-likeness (QED) is 0.833. The van der Waals surface area contributed by atoms with Gasteiger partial charge in [0.25, 0.3) is 0 Å². The fraction of sp³-hybridized carbons (Fsp3) is 0.438. The number of halogens is 1. The summed E-state index contributed by atoms with van der Waals surface area (Å²) >= 11 is 6.38. The van der Waals surface area contributed by atoms with E-state index in [0.717, 1.165) is 16.4 Å². The zero-order valence-electron chi connectivity index (χ0n) is 11.6. The predicted molar refractivity (Wildman–Crippen MR) is 83.7 cm³/mol. The fourth-order valence-corrected chi connectivity index (χ4v) is 3.20. The van der Waals surface area contributed by atoms with Crippen LogP contribution in [0.4, 0.5) is 5.69 Å². The van der Waals surface area contributed by atoms with E-state index in [1.54, 1.807) is 12.5 Å². The Balaban J connectivity index is 1.87. The molecule has 1 N–H and O–H groups in total. The summed E-state index contributed by atoms with van der Waals surface area (Å²) in [5, 5.41) is 4.44. The van der Waals surface area contributed by atoms with E-state index in [0.29, 0.717) is 6.04 Å². The van der Waals surface area contributed by atoms with Crippen molar-refractivity contribution in [2.45, 2.75) is 44.6 Å². The van der Waals surface area contributed by atoms with Crippen LogP contribution in [0.5, 0.6) is 0 Å². The summed E-state index contributed by atoms with van der Waals surface area (Å²) in [5.41, 5.74) is 2.10. The number of rotatable bonds is 3. The molecule has 0 radical (unpaired) electrons. The molecule has 0 amide bonds. The minimum Gasteiger partial charge on any atom is -0.381 e. The molecule has 0 saturated heterocycles. The maximum absolute atomic E-state index is 6.38. The van der Waals surface area contributed by atoms with Crippen LogP contribution in [-0.4, -0.2) is 15.6 Å². The summed E-state index contributed by atoms with van der Waals surface area (Å²) < 4.78 is 1.97. The lowest BCUT2D eigenvalue weighted by molar-refractivity contribution is 0.619. The van der Waals surface area contributed by atoms with Crippen molar-refractivity contribution < 1.29 is 0 Å². The Morgan fingerprint density at radius 2 is 1.95 bits per heavy atom. The molecular weight excluding hydrogens is 270 g/mol. The Morgan fingerprint density at radius 3 is 2.65 bits per heavy atom. The van der Waals surface area contributed by atoms with Crippen molar-refractivity contribution in [3.05, 3.63) is 41.9 Å². The third kappa shape index (κ3) is 2.98. The maximum atomic E-state index is 6.38. The summed E-state index contributed by atoms with van der Waals surface area (Å²) in [6, 6.07) is 6.58. The van der Waals surface area contributed by atoms with Crippen LogP contribution >= 0.6 is 11.6 Å². The van der Waals surface area contributed by atoms with Gasteiger partial charge >= 0.3 is 0 Å². The highest BCUT2D eigenvalue weighted by Gasteiger charge is 2.15. The second-order valence-electron chi connectivity index (χ2n) is 5.44. The van der Waals surface area contributed by atoms with Crippen LogP contribution in [0.3, 0.4) is 0 Å². The summed E-state index contributed by atoms with van der Waals surface area (Å²) in [6.45, 7) is 0. The molecule has 0 atom stereocenters. The zero-order chi connectivity index (χ0) is 13.8. The first-order chi connectivity index (χ1) is 9.84. The smallest absolute Gasteiger partial charge is 0.0992 e. The van der Waals surface area contributed by atoms with E-state index in [2.05, 4.69) is 16.4 Å². The molecule has 4 heteroatoms. The highest BCUT2D eigenvalue weighted by atomic mass is 35.5. The zero-order valence-corrected chi connectivity index (χ0v) is 12.3. The molecule has 20 heavy (non-hydrogen) atoms. The third-order valence-corrected chi connectivity index (χ3v) is 4.27. The first-order valence-corrected chi connectivity index (χ1v) is 7.76. The number of para-hydroxylation sites is 1. The Kier molecular flexibility index (Phi) is 4.26. The van der Waals surface area contributed by atoms with Gasteiger partial charge in [0.2, 0.25) is 0 Å². The average Bonchev–Trinajstić information content (AvgIpc) is 2.84. The Labute approximate surface area is 125 Å². The van der Waals surface area contributed by atoms with Crippen LogP contribution in [0.25, 0.3) is 5.69 Å². The monoisotopic (exact) mass is 289 g/mol. The molecule has 0 unspecified atom stereocenters. The largest absolute Gasteiger partial charge is 0.381 e. The number of nitrogens with one attached hydrogen (secondary N) is 1. The molecular formula is C16H20ClN3. The topological polar surface area (TPSA) is 29.9 Å². The van der Waals surface area contributed by atoms with Crippen molar-refractivity contribution in [3.8, 4) is 5.69 Å². The minimum atomic E-state index is 0.554. The van der Waals surface area contributed by atoms with Crippen molar-refractivity contribution in [3.63, 3.8) is 0 Å². The van der Waals surface area contributed by atoms with Gasteiger partial charge in [-0.1, -0.05) is 43.4 Å². The average molecular weight is 290 g/mol. The standard InChI is InChI=1S/C16H20ClN3/c17-14-8-5-9-15(16(14)20-11-10-18-12-20)19-13-6-3-1-2-4-7-13/h5,8-13,19H,1-4,6-7H2. The molecule has 1 heterocycles. The molecule has 1 aromatic heterocycles. The summed E-state index contributed by atoms with van der Waals surface area (Å²) in [6.07, 6.45) is 13.4. The maximum Gasteiger partial charge on any atom is 0.0992 e. The highest BCUT2D eigenvalue weighted by molar-refractivity contribution is 6.33. The van der Waals surface area contributed by atoms with Gasteiger partial charge in [-0.2, -0.15) is 0 Å². The van der Waals surface area contributed by atoms with E-state index in [1.165, 1.54) is 38.5 Å². The van der Waals surface area contributed by atoms with Crippen LogP contribution in [0.15, 0.2) is 36.9 Å². The summed E-state index contributed by atoms with van der Waals surface area (Å²) in [4.78, 5) is 4.12. The molecule has 1 fully saturated rings. The Hall–Kier alpha value is -1.48. The molecule has 3 rings (SSSR count). The van der Waals surface area contributed by atoms with Gasteiger partial charge in [0.05, 0.1) is 22.7 Å². The Morgan fingerprint density at radius 1 is 1.15 bits per heavy atom. The van der Waals surface area contributed by atoms with Gasteiger partial charge in [-0.15, -0.1) is 0 Å². The number of hydrogen-bond acceptors (Lipinski definition) is 2. The van der Waals surface area contributed by atoms with Crippen LogP contribution in [-0.2, 0) is 0 Å². The molecule has 1 aliphatic carbocycles. The van der Waals surface area contributed by atoms with Crippen molar-refractivity contribution in [2.24, 2.45) is 0 Å². The molecule has 1 saturated carbocycles. The lowest BCUT2D eigenvalue weighted by Crippen LogP contribution is -2.19. The fourth-order valence-electron chi connectivity index (χ4n) is 2.93. The van der Waals surface area contributed by atoms with Gasteiger partial charge in [-0.25, -0.2) is 4.98 Å². The van der Waals surface area contributed by atoms with E-state index < -0.39 is 0 Å². The van der Waals surface area contributed by atoms with Crippen molar-refractivity contribution >= 4 is 17.3 Å². The molecule has 0 spiro atoms. The van der Waals surface area contributed by atoms with Crippen LogP contribution in [0.1, 0.15) is 38.5 Å². The lowest BCUT2D eigenvalue weighted by Gasteiger charge is -2.21. The minimum absolute atomic E-state index is 0.554. The third-order valence-electron chi connectivity index (χ3n) is 3.96. The van der Waals surface area contributed by atoms with Gasteiger partial charge in [-0.05, 0) is 25.0 Å². The molecule has 0 bridgehead atoms. The SMILES string of the molecule is Clc1cccc(NC2CCCCCC2)c1-n1ccnc1. The van der Waals surface area contributed by atoms with E-state index in [9.17, 15) is 0 Å².